The quantitative estimate of drug-likeness (QED) is 0.561. The zero-order valence-electron chi connectivity index (χ0n) is 13.4. The van der Waals surface area contributed by atoms with E-state index in [1.165, 1.54) is 0 Å². The predicted molar refractivity (Wildman–Crippen MR) is 98.6 cm³/mol. The van der Waals surface area contributed by atoms with Crippen LogP contribution in [0.3, 0.4) is 0 Å². The number of rotatable bonds is 5. The molecule has 3 rings (SSSR count). The number of aryl methyl sites for hydroxylation is 1. The van der Waals surface area contributed by atoms with Crippen LogP contribution in [0.4, 0.5) is 21.6 Å². The number of nitrogen functional groups attached to an aromatic ring is 1. The molecule has 1 aromatic heterocycles. The Hall–Kier alpha value is -2.67. The molecule has 1 aromatic carbocycles. The van der Waals surface area contributed by atoms with E-state index < -0.39 is 5.82 Å². The predicted octanol–water partition coefficient (Wildman–Crippen LogP) is 3.07. The van der Waals surface area contributed by atoms with Gasteiger partial charge in [0.1, 0.15) is 0 Å². The van der Waals surface area contributed by atoms with Gasteiger partial charge in [-0.15, -0.1) is 0 Å². The number of nitrogens with two attached hydrogens (primary N) is 2. The van der Waals surface area contributed by atoms with E-state index in [2.05, 4.69) is 20.3 Å². The lowest BCUT2D eigenvalue weighted by molar-refractivity contribution is 0.596. The molecule has 1 aliphatic heterocycles. The van der Waals surface area contributed by atoms with E-state index in [0.29, 0.717) is 23.0 Å². The number of hydrogen-bond acceptors (Lipinski definition) is 6. The molecule has 0 aliphatic carbocycles. The molecule has 0 radical (unpaired) electrons. The van der Waals surface area contributed by atoms with Crippen LogP contribution in [0.25, 0.3) is 0 Å². The minimum absolute atomic E-state index is 0.0213. The van der Waals surface area contributed by atoms with Gasteiger partial charge in [-0.05, 0) is 54.1 Å². The average Bonchev–Trinajstić information content (AvgIpc) is 2.58. The van der Waals surface area contributed by atoms with Gasteiger partial charge in [-0.25, -0.2) is 9.37 Å². The van der Waals surface area contributed by atoms with Crippen LogP contribution in [0.15, 0.2) is 41.2 Å². The van der Waals surface area contributed by atoms with Gasteiger partial charge in [-0.2, -0.15) is 4.98 Å². The molecule has 8 heteroatoms. The first kappa shape index (κ1) is 17.2. The second-order valence-electron chi connectivity index (χ2n) is 5.83. The maximum absolute atomic E-state index is 13.8. The Labute approximate surface area is 149 Å². The van der Waals surface area contributed by atoms with Crippen molar-refractivity contribution in [1.82, 2.24) is 9.97 Å². The van der Waals surface area contributed by atoms with Crippen LogP contribution < -0.4 is 16.8 Å². The zero-order valence-corrected chi connectivity index (χ0v) is 14.2. The molecule has 1 aliphatic rings. The highest BCUT2D eigenvalue weighted by Crippen LogP contribution is 2.25. The molecule has 0 fully saturated rings. The van der Waals surface area contributed by atoms with Crippen LogP contribution in [0.5, 0.6) is 0 Å². The van der Waals surface area contributed by atoms with Crippen LogP contribution in [0.2, 0.25) is 5.28 Å². The van der Waals surface area contributed by atoms with Crippen LogP contribution in [0, 0.1) is 11.7 Å². The van der Waals surface area contributed by atoms with Gasteiger partial charge in [0.05, 0.1) is 6.20 Å². The van der Waals surface area contributed by atoms with Gasteiger partial charge in [0.15, 0.2) is 11.6 Å². The number of anilines is 3. The number of hydrogen-bond donors (Lipinski definition) is 3. The first-order valence-corrected chi connectivity index (χ1v) is 8.19. The van der Waals surface area contributed by atoms with Crippen LogP contribution in [-0.2, 0) is 6.42 Å². The van der Waals surface area contributed by atoms with Crippen molar-refractivity contribution in [2.45, 2.75) is 12.8 Å². The van der Waals surface area contributed by atoms with E-state index in [1.54, 1.807) is 18.3 Å². The molecule has 1 atom stereocenters. The van der Waals surface area contributed by atoms with E-state index in [-0.39, 0.29) is 11.1 Å². The summed E-state index contributed by atoms with van der Waals surface area (Å²) in [6, 6.07) is 5.42. The molecular formula is C17H18ClFN6. The van der Waals surface area contributed by atoms with Crippen LogP contribution >= 0.6 is 11.6 Å². The Morgan fingerprint density at radius 3 is 2.96 bits per heavy atom. The fraction of sp³-hybridized carbons (Fsp3) is 0.235. The number of aliphatic imine (C=N–C) groups is 1. The second kappa shape index (κ2) is 7.48. The minimum Gasteiger partial charge on any atom is -0.399 e. The van der Waals surface area contributed by atoms with Gasteiger partial charge < -0.3 is 16.8 Å². The fourth-order valence-electron chi connectivity index (χ4n) is 2.65. The Balaban J connectivity index is 1.72. The van der Waals surface area contributed by atoms with Crippen molar-refractivity contribution in [1.29, 1.82) is 0 Å². The maximum atomic E-state index is 13.8. The molecule has 0 saturated carbocycles. The molecule has 0 bridgehead atoms. The highest BCUT2D eigenvalue weighted by Gasteiger charge is 2.12. The Bertz CT molecular complexity index is 836. The molecule has 130 valence electrons. The zero-order chi connectivity index (χ0) is 17.8. The Morgan fingerprint density at radius 2 is 2.16 bits per heavy atom. The summed E-state index contributed by atoms with van der Waals surface area (Å²) in [4.78, 5) is 11.7. The summed E-state index contributed by atoms with van der Waals surface area (Å²) in [5.74, 6) is -0.268. The van der Waals surface area contributed by atoms with E-state index in [0.717, 1.165) is 31.1 Å². The highest BCUT2D eigenvalue weighted by molar-refractivity contribution is 6.28. The highest BCUT2D eigenvalue weighted by atomic mass is 35.5. The van der Waals surface area contributed by atoms with Crippen molar-refractivity contribution >= 4 is 35.0 Å². The lowest BCUT2D eigenvalue weighted by Gasteiger charge is -2.16. The minimum atomic E-state index is -0.580. The van der Waals surface area contributed by atoms with Gasteiger partial charge in [0, 0.05) is 29.8 Å². The summed E-state index contributed by atoms with van der Waals surface area (Å²) in [7, 11) is 0. The number of halogens is 2. The van der Waals surface area contributed by atoms with Gasteiger partial charge in [-0.3, -0.25) is 4.99 Å². The summed E-state index contributed by atoms with van der Waals surface area (Å²) < 4.78 is 13.8. The van der Waals surface area contributed by atoms with E-state index >= 15 is 0 Å². The van der Waals surface area contributed by atoms with Crippen molar-refractivity contribution < 1.29 is 4.39 Å². The molecule has 0 saturated heterocycles. The van der Waals surface area contributed by atoms with Crippen molar-refractivity contribution in [2.75, 3.05) is 17.6 Å². The van der Waals surface area contributed by atoms with Crippen molar-refractivity contribution in [3.63, 3.8) is 0 Å². The van der Waals surface area contributed by atoms with Crippen molar-refractivity contribution in [3.8, 4) is 0 Å². The molecule has 6 nitrogen and oxygen atoms in total. The molecule has 25 heavy (non-hydrogen) atoms. The van der Waals surface area contributed by atoms with Crippen LogP contribution in [-0.4, -0.2) is 22.7 Å². The lowest BCUT2D eigenvalue weighted by atomic mass is 9.96. The summed E-state index contributed by atoms with van der Waals surface area (Å²) in [6.45, 7) is 0.725. The fourth-order valence-corrected chi connectivity index (χ4v) is 2.78. The molecule has 2 heterocycles. The average molecular weight is 361 g/mol. The smallest absolute Gasteiger partial charge is 0.224 e. The molecule has 0 spiro atoms. The third-order valence-corrected chi connectivity index (χ3v) is 4.10. The molecule has 1 unspecified atom stereocenters. The van der Waals surface area contributed by atoms with Gasteiger partial charge in [0.25, 0.3) is 0 Å². The molecule has 2 aromatic rings. The number of allylic oxidation sites excluding steroid dienone is 1. The summed E-state index contributed by atoms with van der Waals surface area (Å²) in [5, 5.41) is 2.88. The molecule has 0 amide bonds. The number of nitrogens with one attached hydrogen (secondary N) is 1. The second-order valence-corrected chi connectivity index (χ2v) is 6.17. The largest absolute Gasteiger partial charge is 0.399 e. The summed E-state index contributed by atoms with van der Waals surface area (Å²) >= 11 is 5.71. The topological polar surface area (TPSA) is 102 Å². The number of aromatic nitrogens is 2. The van der Waals surface area contributed by atoms with Crippen LogP contribution in [0.1, 0.15) is 12.0 Å². The molecule has 5 N–H and O–H groups in total. The normalized spacial score (nSPS) is 16.6. The van der Waals surface area contributed by atoms with Crippen molar-refractivity contribution in [2.24, 2.45) is 16.6 Å². The SMILES string of the molecule is NC1=CC(CCc2cc(Nc3nc(Cl)ncc3F)ccc2N)CN=C1. The summed E-state index contributed by atoms with van der Waals surface area (Å²) in [6.07, 6.45) is 6.36. The number of nitrogens with zero attached hydrogens (tertiary/aromatic N) is 3. The number of benzene rings is 1. The molecular weight excluding hydrogens is 343 g/mol. The van der Waals surface area contributed by atoms with Gasteiger partial charge in [-0.1, -0.05) is 6.08 Å². The van der Waals surface area contributed by atoms with E-state index in [1.807, 2.05) is 12.1 Å². The van der Waals surface area contributed by atoms with Crippen molar-refractivity contribution in [3.05, 3.63) is 52.8 Å². The Morgan fingerprint density at radius 1 is 1.32 bits per heavy atom. The number of dihydropyridines is 1. The first-order chi connectivity index (χ1) is 12.0. The van der Waals surface area contributed by atoms with Gasteiger partial charge in [0.2, 0.25) is 5.28 Å². The van der Waals surface area contributed by atoms with Gasteiger partial charge >= 0.3 is 0 Å². The maximum Gasteiger partial charge on any atom is 0.224 e. The summed E-state index contributed by atoms with van der Waals surface area (Å²) in [5.41, 5.74) is 14.9. The van der Waals surface area contributed by atoms with E-state index in [9.17, 15) is 4.39 Å². The monoisotopic (exact) mass is 360 g/mol. The standard InChI is InChI=1S/C17H18ClFN6/c18-17-23-9-14(19)16(25-17)24-13-3-4-15(21)11(6-13)2-1-10-5-12(20)8-22-7-10/h3-6,8-10H,1-2,7,20-21H2,(H,23,24,25). The lowest BCUT2D eigenvalue weighted by Crippen LogP contribution is -2.13. The third kappa shape index (κ3) is 4.45. The first-order valence-electron chi connectivity index (χ1n) is 7.82. The Kier molecular flexibility index (Phi) is 5.14. The van der Waals surface area contributed by atoms with E-state index in [4.69, 9.17) is 23.1 Å². The third-order valence-electron chi connectivity index (χ3n) is 3.91.